The number of hydrogen-bond donors (Lipinski definition) is 0. The van der Waals surface area contributed by atoms with Gasteiger partial charge in [0.1, 0.15) is 6.29 Å². The van der Waals surface area contributed by atoms with Gasteiger partial charge in [0.15, 0.2) is 0 Å². The second kappa shape index (κ2) is 4.45. The first-order valence-electron chi connectivity index (χ1n) is 2.95. The van der Waals surface area contributed by atoms with Crippen LogP contribution in [0.25, 0.3) is 5.32 Å². The van der Waals surface area contributed by atoms with Gasteiger partial charge < -0.3 is 10.1 Å². The second-order valence-electron chi connectivity index (χ2n) is 2.59. The maximum Gasteiger partial charge on any atom is 0.103 e. The quantitative estimate of drug-likeness (QED) is 0.653. The van der Waals surface area contributed by atoms with Crippen molar-refractivity contribution in [2.45, 2.75) is 24.8 Å². The van der Waals surface area contributed by atoms with Crippen molar-refractivity contribution in [2.75, 3.05) is 5.75 Å². The molecule has 0 bridgehead atoms. The van der Waals surface area contributed by atoms with E-state index in [2.05, 4.69) is 5.32 Å². The van der Waals surface area contributed by atoms with Gasteiger partial charge >= 0.3 is 0 Å². The zero-order valence-electron chi connectivity index (χ0n) is 6.20. The molecule has 1 radical (unpaired) electrons. The largest absolute Gasteiger partial charge is 0.639 e. The summed E-state index contributed by atoms with van der Waals surface area (Å²) in [6.07, 6.45) is 0.918. The first-order chi connectivity index (χ1) is 4.14. The maximum atomic E-state index is 10.2. The smallest absolute Gasteiger partial charge is 0.103 e. The summed E-state index contributed by atoms with van der Waals surface area (Å²) in [5.74, 6) is 0.858. The van der Waals surface area contributed by atoms with Crippen molar-refractivity contribution in [3.63, 3.8) is 0 Å². The van der Waals surface area contributed by atoms with Crippen LogP contribution in [0.4, 0.5) is 0 Å². The molecule has 0 saturated carbocycles. The molecule has 0 N–H and O–H groups in total. The summed E-state index contributed by atoms with van der Waals surface area (Å²) in [4.78, 5) is 10.2. The van der Waals surface area contributed by atoms with E-state index in [1.54, 1.807) is 11.8 Å². The Hall–Kier alpha value is 1.42. The van der Waals surface area contributed by atoms with E-state index < -0.39 is 0 Å². The van der Waals surface area contributed by atoms with Gasteiger partial charge in [0.05, 0.1) is 0 Å². The SMILES string of the molecule is CC1(C)[N-]C(C=O)CS1.[Ac]. The molecule has 10 heavy (non-hydrogen) atoms. The van der Waals surface area contributed by atoms with Crippen molar-refractivity contribution in [1.82, 2.24) is 0 Å². The van der Waals surface area contributed by atoms with Crippen molar-refractivity contribution >= 4 is 18.0 Å². The number of hydrogen-bond acceptors (Lipinski definition) is 2. The van der Waals surface area contributed by atoms with Crippen LogP contribution in [-0.4, -0.2) is 23.0 Å². The molecule has 1 atom stereocenters. The molecule has 0 spiro atoms. The first-order valence-corrected chi connectivity index (χ1v) is 3.94. The van der Waals surface area contributed by atoms with Crippen molar-refractivity contribution in [2.24, 2.45) is 0 Å². The van der Waals surface area contributed by atoms with Crippen LogP contribution < -0.4 is 0 Å². The van der Waals surface area contributed by atoms with Gasteiger partial charge in [0.2, 0.25) is 0 Å². The summed E-state index contributed by atoms with van der Waals surface area (Å²) in [5.41, 5.74) is 0. The minimum absolute atomic E-state index is 0. The Morgan fingerprint density at radius 3 is 2.50 bits per heavy atom. The van der Waals surface area contributed by atoms with Gasteiger partial charge in [-0.15, -0.1) is 0 Å². The van der Waals surface area contributed by atoms with Crippen LogP contribution in [0.15, 0.2) is 0 Å². The Kier molecular flexibility index (Phi) is 5.08. The number of rotatable bonds is 1. The third kappa shape index (κ3) is 3.21. The van der Waals surface area contributed by atoms with Crippen LogP contribution in [0.5, 0.6) is 0 Å². The van der Waals surface area contributed by atoms with Crippen LogP contribution in [0.1, 0.15) is 13.8 Å². The van der Waals surface area contributed by atoms with Gasteiger partial charge in [-0.25, -0.2) is 0 Å². The summed E-state index contributed by atoms with van der Waals surface area (Å²) in [5, 5.41) is 4.23. The van der Waals surface area contributed by atoms with Crippen molar-refractivity contribution < 1.29 is 48.9 Å². The van der Waals surface area contributed by atoms with E-state index in [1.807, 2.05) is 13.8 Å². The van der Waals surface area contributed by atoms with E-state index in [0.29, 0.717) is 0 Å². The molecule has 4 heteroatoms. The molecule has 1 saturated heterocycles. The molecule has 0 amide bonds. The maximum absolute atomic E-state index is 10.2. The van der Waals surface area contributed by atoms with E-state index in [9.17, 15) is 4.79 Å². The normalized spacial score (nSPS) is 29.2. The fourth-order valence-corrected chi connectivity index (χ4v) is 1.77. The fraction of sp³-hybridized carbons (Fsp3) is 0.833. The minimum Gasteiger partial charge on any atom is -0.639 e. The van der Waals surface area contributed by atoms with Crippen molar-refractivity contribution in [1.29, 1.82) is 0 Å². The number of thioether (sulfide) groups is 1. The van der Waals surface area contributed by atoms with Crippen LogP contribution in [0, 0.1) is 44.1 Å². The number of aldehydes is 1. The van der Waals surface area contributed by atoms with Gasteiger partial charge in [0, 0.05) is 44.1 Å². The molecule has 0 aromatic carbocycles. The predicted octanol–water partition coefficient (Wildman–Crippen LogP) is 1.41. The Morgan fingerprint density at radius 2 is 2.30 bits per heavy atom. The summed E-state index contributed by atoms with van der Waals surface area (Å²) in [7, 11) is 0. The molecule has 0 aromatic heterocycles. The summed E-state index contributed by atoms with van der Waals surface area (Å²) < 4.78 is 0. The topological polar surface area (TPSA) is 31.2 Å². The van der Waals surface area contributed by atoms with Gasteiger partial charge in [-0.1, -0.05) is 24.8 Å². The molecule has 1 fully saturated rings. The van der Waals surface area contributed by atoms with Crippen LogP contribution in [0.2, 0.25) is 0 Å². The Bertz CT molecular complexity index is 129. The van der Waals surface area contributed by atoms with Crippen LogP contribution in [-0.2, 0) is 4.79 Å². The standard InChI is InChI=1S/C6H10NOS.Ac/c1-6(2)7-5(3-8)4-9-6;/h3,5H,4H2,1-2H3;/q-1;. The zero-order chi connectivity index (χ0) is 6.91. The third-order valence-corrected chi connectivity index (χ3v) is 2.56. The Balaban J connectivity index is 0.000000810. The minimum atomic E-state index is -0.0509. The number of nitrogens with zero attached hydrogens (tertiary/aromatic N) is 1. The van der Waals surface area contributed by atoms with Gasteiger partial charge in [-0.05, 0) is 5.75 Å². The molecule has 1 heterocycles. The Labute approximate surface area is 101 Å². The van der Waals surface area contributed by atoms with E-state index in [0.717, 1.165) is 12.0 Å². The van der Waals surface area contributed by atoms with Crippen LogP contribution >= 0.6 is 11.8 Å². The second-order valence-corrected chi connectivity index (χ2v) is 4.21. The molecule has 1 aliphatic heterocycles. The molecule has 0 aromatic rings. The molecule has 55 valence electrons. The first kappa shape index (κ1) is 11.4. The van der Waals surface area contributed by atoms with E-state index in [4.69, 9.17) is 0 Å². The van der Waals surface area contributed by atoms with Crippen LogP contribution in [0.3, 0.4) is 0 Å². The summed E-state index contributed by atoms with van der Waals surface area (Å²) in [6.45, 7) is 4.06. The average molecular weight is 371 g/mol. The van der Waals surface area contributed by atoms with E-state index in [-0.39, 0.29) is 55.0 Å². The van der Waals surface area contributed by atoms with E-state index >= 15 is 0 Å². The van der Waals surface area contributed by atoms with Gasteiger partial charge in [-0.2, -0.15) is 11.8 Å². The molecule has 0 aliphatic carbocycles. The van der Waals surface area contributed by atoms with Gasteiger partial charge in [-0.3, -0.25) is 0 Å². The molecule has 1 unspecified atom stereocenters. The van der Waals surface area contributed by atoms with Crippen molar-refractivity contribution in [3.05, 3.63) is 5.32 Å². The third-order valence-electron chi connectivity index (χ3n) is 1.24. The predicted molar refractivity (Wildman–Crippen MR) is 39.7 cm³/mol. The zero-order valence-corrected chi connectivity index (χ0v) is 11.8. The molecule has 1 aliphatic rings. The molecule has 1 rings (SSSR count). The van der Waals surface area contributed by atoms with Gasteiger partial charge in [0.25, 0.3) is 0 Å². The fourth-order valence-electron chi connectivity index (χ4n) is 0.833. The number of carbonyl (C=O) groups excluding carboxylic acids is 1. The molecular formula is C6H10AcNOS-. The molecule has 2 nitrogen and oxygen atoms in total. The monoisotopic (exact) mass is 371 g/mol. The number of carbonyl (C=O) groups is 1. The van der Waals surface area contributed by atoms with Crippen molar-refractivity contribution in [3.8, 4) is 0 Å². The average Bonchev–Trinajstić information content (AvgIpc) is 2.10. The summed E-state index contributed by atoms with van der Waals surface area (Å²) >= 11 is 1.73. The Morgan fingerprint density at radius 1 is 1.70 bits per heavy atom. The summed E-state index contributed by atoms with van der Waals surface area (Å²) in [6, 6.07) is -0.0509. The molecular weight excluding hydrogens is 361 g/mol. The van der Waals surface area contributed by atoms with E-state index in [1.165, 1.54) is 0 Å².